The van der Waals surface area contributed by atoms with Gasteiger partial charge >= 0.3 is 0 Å². The number of carbonyl (C=O) groups is 1. The number of aryl methyl sites for hydroxylation is 3. The average Bonchev–Trinajstić information content (AvgIpc) is 3.05. The number of hydrogen-bond donors (Lipinski definition) is 1. The van der Waals surface area contributed by atoms with Crippen LogP contribution < -0.4 is 5.32 Å². The van der Waals surface area contributed by atoms with Crippen molar-refractivity contribution in [3.63, 3.8) is 0 Å². The molecule has 0 aliphatic rings. The van der Waals surface area contributed by atoms with Crippen molar-refractivity contribution >= 4 is 22.4 Å². The van der Waals surface area contributed by atoms with Crippen LogP contribution in [0.25, 0.3) is 0 Å². The maximum absolute atomic E-state index is 12.3. The van der Waals surface area contributed by atoms with Crippen molar-refractivity contribution in [1.29, 1.82) is 0 Å². The molecular formula is C18H18N2O2S. The molecule has 3 aromatic rings. The second-order valence-electron chi connectivity index (χ2n) is 5.58. The van der Waals surface area contributed by atoms with Crippen LogP contribution in [0.3, 0.4) is 0 Å². The van der Waals surface area contributed by atoms with Gasteiger partial charge in [0.2, 0.25) is 0 Å². The van der Waals surface area contributed by atoms with Gasteiger partial charge in [0.15, 0.2) is 5.13 Å². The number of thiazole rings is 1. The minimum absolute atomic E-state index is 0.184. The van der Waals surface area contributed by atoms with E-state index in [2.05, 4.69) is 41.5 Å². The molecule has 0 fully saturated rings. The minimum atomic E-state index is -0.184. The fraction of sp³-hybridized carbons (Fsp3) is 0.222. The van der Waals surface area contributed by atoms with Crippen LogP contribution in [0.15, 0.2) is 40.9 Å². The van der Waals surface area contributed by atoms with Crippen molar-refractivity contribution in [3.05, 3.63) is 69.6 Å². The van der Waals surface area contributed by atoms with E-state index in [1.54, 1.807) is 13.0 Å². The van der Waals surface area contributed by atoms with Gasteiger partial charge in [-0.2, -0.15) is 0 Å². The zero-order valence-electron chi connectivity index (χ0n) is 13.3. The third-order valence-electron chi connectivity index (χ3n) is 3.52. The van der Waals surface area contributed by atoms with Crippen LogP contribution in [0.5, 0.6) is 0 Å². The van der Waals surface area contributed by atoms with Gasteiger partial charge in [-0.05, 0) is 32.4 Å². The first-order valence-electron chi connectivity index (χ1n) is 7.40. The molecular weight excluding hydrogens is 308 g/mol. The monoisotopic (exact) mass is 326 g/mol. The highest BCUT2D eigenvalue weighted by molar-refractivity contribution is 7.15. The number of benzene rings is 1. The average molecular weight is 326 g/mol. The predicted molar refractivity (Wildman–Crippen MR) is 92.2 cm³/mol. The molecule has 0 radical (unpaired) electrons. The third kappa shape index (κ3) is 3.68. The lowest BCUT2D eigenvalue weighted by atomic mass is 10.1. The molecule has 118 valence electrons. The van der Waals surface area contributed by atoms with Crippen molar-refractivity contribution in [3.8, 4) is 0 Å². The van der Waals surface area contributed by atoms with Crippen molar-refractivity contribution in [2.24, 2.45) is 0 Å². The summed E-state index contributed by atoms with van der Waals surface area (Å²) in [5.41, 5.74) is 3.04. The Kier molecular flexibility index (Phi) is 4.30. The molecule has 0 atom stereocenters. The van der Waals surface area contributed by atoms with Gasteiger partial charge in [0.25, 0.3) is 5.91 Å². The zero-order valence-corrected chi connectivity index (χ0v) is 14.2. The van der Waals surface area contributed by atoms with Gasteiger partial charge in [-0.25, -0.2) is 4.98 Å². The van der Waals surface area contributed by atoms with Gasteiger partial charge in [-0.15, -0.1) is 11.3 Å². The Hall–Kier alpha value is -2.40. The quantitative estimate of drug-likeness (QED) is 0.768. The Morgan fingerprint density at radius 2 is 2.09 bits per heavy atom. The lowest BCUT2D eigenvalue weighted by Crippen LogP contribution is -2.11. The standard InChI is InChI=1S/C18H18N2O2S/c1-11-5-4-6-14(7-11)9-15-10-19-18(23-15)20-17(21)16-8-12(2)22-13(16)3/h4-8,10H,9H2,1-3H3,(H,19,20,21). The SMILES string of the molecule is Cc1cccc(Cc2cnc(NC(=O)c3cc(C)oc3C)s2)c1. The molecule has 0 aliphatic heterocycles. The third-order valence-corrected chi connectivity index (χ3v) is 4.43. The number of nitrogens with zero attached hydrogens (tertiary/aromatic N) is 1. The van der Waals surface area contributed by atoms with Gasteiger partial charge in [-0.1, -0.05) is 29.8 Å². The highest BCUT2D eigenvalue weighted by atomic mass is 32.1. The Bertz CT molecular complexity index is 848. The highest BCUT2D eigenvalue weighted by Gasteiger charge is 2.15. The second-order valence-corrected chi connectivity index (χ2v) is 6.69. The molecule has 4 nitrogen and oxygen atoms in total. The molecule has 0 aliphatic carbocycles. The number of hydrogen-bond acceptors (Lipinski definition) is 4. The molecule has 3 rings (SSSR count). The van der Waals surface area contributed by atoms with Gasteiger partial charge in [-0.3, -0.25) is 10.1 Å². The van der Waals surface area contributed by atoms with E-state index < -0.39 is 0 Å². The summed E-state index contributed by atoms with van der Waals surface area (Å²) < 4.78 is 5.39. The lowest BCUT2D eigenvalue weighted by Gasteiger charge is -2.00. The van der Waals surface area contributed by atoms with Gasteiger partial charge < -0.3 is 4.42 Å². The maximum Gasteiger partial charge on any atom is 0.260 e. The Balaban J connectivity index is 1.70. The zero-order chi connectivity index (χ0) is 16.4. The second kappa shape index (κ2) is 6.38. The fourth-order valence-electron chi connectivity index (χ4n) is 2.49. The number of nitrogens with one attached hydrogen (secondary N) is 1. The molecule has 5 heteroatoms. The first kappa shape index (κ1) is 15.5. The summed E-state index contributed by atoms with van der Waals surface area (Å²) in [4.78, 5) is 17.7. The molecule has 1 amide bonds. The summed E-state index contributed by atoms with van der Waals surface area (Å²) in [5, 5.41) is 3.45. The molecule has 2 aromatic heterocycles. The van der Waals surface area contributed by atoms with E-state index in [1.165, 1.54) is 22.5 Å². The van der Waals surface area contributed by atoms with E-state index in [4.69, 9.17) is 4.42 Å². The Morgan fingerprint density at radius 1 is 1.26 bits per heavy atom. The van der Waals surface area contributed by atoms with E-state index in [0.717, 1.165) is 17.1 Å². The van der Waals surface area contributed by atoms with Crippen LogP contribution in [-0.2, 0) is 6.42 Å². The molecule has 0 bridgehead atoms. The predicted octanol–water partition coefficient (Wildman–Crippen LogP) is 4.50. The minimum Gasteiger partial charge on any atom is -0.466 e. The van der Waals surface area contributed by atoms with Crippen LogP contribution in [0.4, 0.5) is 5.13 Å². The number of amides is 1. The number of rotatable bonds is 4. The molecule has 0 saturated heterocycles. The van der Waals surface area contributed by atoms with Crippen LogP contribution in [0.1, 0.15) is 37.9 Å². The van der Waals surface area contributed by atoms with Gasteiger partial charge in [0.1, 0.15) is 11.5 Å². The first-order chi connectivity index (χ1) is 11.0. The van der Waals surface area contributed by atoms with Crippen molar-refractivity contribution < 1.29 is 9.21 Å². The van der Waals surface area contributed by atoms with Crippen LogP contribution in [-0.4, -0.2) is 10.9 Å². The Labute approximate surface area is 139 Å². The number of anilines is 1. The van der Waals surface area contributed by atoms with Gasteiger partial charge in [0.05, 0.1) is 5.56 Å². The lowest BCUT2D eigenvalue weighted by molar-refractivity contribution is 0.102. The van der Waals surface area contributed by atoms with E-state index in [-0.39, 0.29) is 5.91 Å². The van der Waals surface area contributed by atoms with E-state index in [0.29, 0.717) is 16.5 Å². The number of aromatic nitrogens is 1. The maximum atomic E-state index is 12.3. The Morgan fingerprint density at radius 3 is 2.78 bits per heavy atom. The fourth-order valence-corrected chi connectivity index (χ4v) is 3.33. The molecule has 0 unspecified atom stereocenters. The van der Waals surface area contributed by atoms with Gasteiger partial charge in [0, 0.05) is 17.5 Å². The van der Waals surface area contributed by atoms with Crippen LogP contribution in [0.2, 0.25) is 0 Å². The largest absolute Gasteiger partial charge is 0.466 e. The molecule has 23 heavy (non-hydrogen) atoms. The smallest absolute Gasteiger partial charge is 0.260 e. The highest BCUT2D eigenvalue weighted by Crippen LogP contribution is 2.23. The number of carbonyl (C=O) groups excluding carboxylic acids is 1. The summed E-state index contributed by atoms with van der Waals surface area (Å²) in [6.07, 6.45) is 2.63. The van der Waals surface area contributed by atoms with E-state index in [1.807, 2.05) is 13.1 Å². The summed E-state index contributed by atoms with van der Waals surface area (Å²) in [6.45, 7) is 5.69. The van der Waals surface area contributed by atoms with Crippen molar-refractivity contribution in [1.82, 2.24) is 4.98 Å². The molecule has 0 spiro atoms. The van der Waals surface area contributed by atoms with E-state index >= 15 is 0 Å². The summed E-state index contributed by atoms with van der Waals surface area (Å²) in [5.74, 6) is 1.17. The van der Waals surface area contributed by atoms with Crippen LogP contribution >= 0.6 is 11.3 Å². The summed E-state index contributed by atoms with van der Waals surface area (Å²) in [6, 6.07) is 10.1. The number of furan rings is 1. The van der Waals surface area contributed by atoms with Crippen LogP contribution in [0, 0.1) is 20.8 Å². The normalized spacial score (nSPS) is 10.7. The first-order valence-corrected chi connectivity index (χ1v) is 8.21. The molecule has 0 saturated carbocycles. The summed E-state index contributed by atoms with van der Waals surface area (Å²) in [7, 11) is 0. The van der Waals surface area contributed by atoms with Crippen molar-refractivity contribution in [2.75, 3.05) is 5.32 Å². The molecule has 2 heterocycles. The van der Waals surface area contributed by atoms with E-state index in [9.17, 15) is 4.79 Å². The van der Waals surface area contributed by atoms with Crippen molar-refractivity contribution in [2.45, 2.75) is 27.2 Å². The molecule has 1 N–H and O–H groups in total. The summed E-state index contributed by atoms with van der Waals surface area (Å²) >= 11 is 1.50. The molecule has 1 aromatic carbocycles. The topological polar surface area (TPSA) is 55.1 Å².